The van der Waals surface area contributed by atoms with Gasteiger partial charge in [-0.15, -0.1) is 0 Å². The average molecular weight is 390 g/mol. The summed E-state index contributed by atoms with van der Waals surface area (Å²) >= 11 is 0. The Labute approximate surface area is 164 Å². The lowest BCUT2D eigenvalue weighted by Crippen LogP contribution is -2.49. The normalized spacial score (nSPS) is 24.5. The smallest absolute Gasteiger partial charge is 0.228 e. The van der Waals surface area contributed by atoms with E-state index in [0.29, 0.717) is 52.6 Å². The fourth-order valence-electron chi connectivity index (χ4n) is 4.68. The fourth-order valence-corrected chi connectivity index (χ4v) is 4.68. The second-order valence-corrected chi connectivity index (χ2v) is 8.04. The molecule has 152 valence electrons. The second-order valence-electron chi connectivity index (χ2n) is 8.04. The molecule has 0 bridgehead atoms. The number of benzene rings is 1. The maximum absolute atomic E-state index is 13.3. The molecule has 0 aromatic heterocycles. The van der Waals surface area contributed by atoms with Crippen LogP contribution in [0, 0.1) is 17.2 Å². The van der Waals surface area contributed by atoms with E-state index < -0.39 is 0 Å². The minimum atomic E-state index is -0.310. The summed E-state index contributed by atoms with van der Waals surface area (Å²) in [6.07, 6.45) is 1.83. The Morgan fingerprint density at radius 1 is 1.00 bits per heavy atom. The first-order valence-electron chi connectivity index (χ1n) is 10.0. The molecule has 1 aromatic carbocycles. The zero-order valence-corrected chi connectivity index (χ0v) is 16.1. The summed E-state index contributed by atoms with van der Waals surface area (Å²) in [4.78, 5) is 29.9. The highest BCUT2D eigenvalue weighted by atomic mass is 19.1. The first-order chi connectivity index (χ1) is 13.6. The van der Waals surface area contributed by atoms with Crippen LogP contribution in [0.25, 0.3) is 0 Å². The number of morpholine rings is 1. The maximum atomic E-state index is 13.3. The van der Waals surface area contributed by atoms with Crippen LogP contribution in [0.15, 0.2) is 24.3 Å². The number of likely N-dealkylation sites (tertiary alicyclic amines) is 1. The van der Waals surface area contributed by atoms with Crippen LogP contribution in [0.4, 0.5) is 4.39 Å². The molecule has 3 fully saturated rings. The Hall–Kier alpha value is -1.99. The molecule has 0 N–H and O–H groups in total. The minimum Gasteiger partial charge on any atom is -0.381 e. The SMILES string of the molecule is O=C(Cc1ccc(F)cc1)N1CC(C(=O)N2CCOCC2)C2(CCOCC2)C1. The van der Waals surface area contributed by atoms with E-state index in [0.717, 1.165) is 18.4 Å². The van der Waals surface area contributed by atoms with Crippen molar-refractivity contribution >= 4 is 11.8 Å². The van der Waals surface area contributed by atoms with Gasteiger partial charge in [-0.3, -0.25) is 9.59 Å². The molecular formula is C21H27FN2O4. The van der Waals surface area contributed by atoms with Crippen molar-refractivity contribution in [2.75, 3.05) is 52.6 Å². The van der Waals surface area contributed by atoms with Crippen molar-refractivity contribution in [1.29, 1.82) is 0 Å². The molecular weight excluding hydrogens is 363 g/mol. The van der Waals surface area contributed by atoms with Gasteiger partial charge in [0.2, 0.25) is 11.8 Å². The van der Waals surface area contributed by atoms with E-state index in [2.05, 4.69) is 0 Å². The van der Waals surface area contributed by atoms with Gasteiger partial charge >= 0.3 is 0 Å². The summed E-state index contributed by atoms with van der Waals surface area (Å²) in [5.41, 5.74) is 0.585. The molecule has 6 nitrogen and oxygen atoms in total. The van der Waals surface area contributed by atoms with E-state index >= 15 is 0 Å². The molecule has 1 aromatic rings. The maximum Gasteiger partial charge on any atom is 0.228 e. The predicted octanol–water partition coefficient (Wildman–Crippen LogP) is 1.48. The number of carbonyl (C=O) groups is 2. The Morgan fingerprint density at radius 2 is 1.64 bits per heavy atom. The monoisotopic (exact) mass is 390 g/mol. The van der Waals surface area contributed by atoms with E-state index in [1.807, 2.05) is 9.80 Å². The number of hydrogen-bond acceptors (Lipinski definition) is 4. The van der Waals surface area contributed by atoms with Gasteiger partial charge < -0.3 is 19.3 Å². The minimum absolute atomic E-state index is 0.00486. The summed E-state index contributed by atoms with van der Waals surface area (Å²) in [5, 5.41) is 0. The largest absolute Gasteiger partial charge is 0.381 e. The molecule has 3 saturated heterocycles. The van der Waals surface area contributed by atoms with Crippen LogP contribution in [0.1, 0.15) is 18.4 Å². The van der Waals surface area contributed by atoms with Crippen LogP contribution in [0.3, 0.4) is 0 Å². The zero-order valence-electron chi connectivity index (χ0n) is 16.1. The van der Waals surface area contributed by atoms with Crippen LogP contribution < -0.4 is 0 Å². The van der Waals surface area contributed by atoms with Gasteiger partial charge in [0, 0.05) is 44.8 Å². The van der Waals surface area contributed by atoms with Crippen LogP contribution >= 0.6 is 0 Å². The van der Waals surface area contributed by atoms with Gasteiger partial charge in [-0.1, -0.05) is 12.1 Å². The Bertz CT molecular complexity index is 712. The Balaban J connectivity index is 1.49. The standard InChI is InChI=1S/C21H27FN2O4/c22-17-3-1-16(2-4-17)13-19(25)24-14-18(20(26)23-7-11-28-12-8-23)21(15-24)5-9-27-10-6-21/h1-4,18H,5-15H2. The van der Waals surface area contributed by atoms with Crippen LogP contribution in [0.2, 0.25) is 0 Å². The van der Waals surface area contributed by atoms with Crippen molar-refractivity contribution in [3.05, 3.63) is 35.6 Å². The Kier molecular flexibility index (Phi) is 5.64. The lowest BCUT2D eigenvalue weighted by Gasteiger charge is -2.39. The van der Waals surface area contributed by atoms with Gasteiger partial charge in [0.1, 0.15) is 5.82 Å². The van der Waals surface area contributed by atoms with Crippen molar-refractivity contribution in [1.82, 2.24) is 9.80 Å². The molecule has 1 atom stereocenters. The number of ether oxygens (including phenoxy) is 2. The van der Waals surface area contributed by atoms with Crippen LogP contribution in [-0.4, -0.2) is 74.2 Å². The van der Waals surface area contributed by atoms with Gasteiger partial charge in [0.15, 0.2) is 0 Å². The average Bonchev–Trinajstić information content (AvgIpc) is 3.09. The summed E-state index contributed by atoms with van der Waals surface area (Å²) in [7, 11) is 0. The second kappa shape index (κ2) is 8.17. The summed E-state index contributed by atoms with van der Waals surface area (Å²) < 4.78 is 24.0. The van der Waals surface area contributed by atoms with Gasteiger partial charge in [0.05, 0.1) is 25.6 Å². The van der Waals surface area contributed by atoms with Crippen molar-refractivity contribution in [2.24, 2.45) is 11.3 Å². The molecule has 0 aliphatic carbocycles. The van der Waals surface area contributed by atoms with Crippen molar-refractivity contribution in [2.45, 2.75) is 19.3 Å². The number of carbonyl (C=O) groups excluding carboxylic acids is 2. The number of amides is 2. The lowest BCUT2D eigenvalue weighted by molar-refractivity contribution is -0.144. The van der Waals surface area contributed by atoms with Crippen molar-refractivity contribution < 1.29 is 23.5 Å². The molecule has 28 heavy (non-hydrogen) atoms. The summed E-state index contributed by atoms with van der Waals surface area (Å²) in [6.45, 7) is 4.69. The zero-order chi connectivity index (χ0) is 19.6. The van der Waals surface area contributed by atoms with Crippen molar-refractivity contribution in [3.8, 4) is 0 Å². The van der Waals surface area contributed by atoms with Crippen LogP contribution in [-0.2, 0) is 25.5 Å². The fraction of sp³-hybridized carbons (Fsp3) is 0.619. The summed E-state index contributed by atoms with van der Waals surface area (Å²) in [5.74, 6) is -0.363. The van der Waals surface area contributed by atoms with Gasteiger partial charge in [-0.05, 0) is 30.5 Å². The number of hydrogen-bond donors (Lipinski definition) is 0. The molecule has 3 aliphatic heterocycles. The molecule has 1 unspecified atom stereocenters. The first-order valence-corrected chi connectivity index (χ1v) is 10.0. The van der Waals surface area contributed by atoms with Crippen LogP contribution in [0.5, 0.6) is 0 Å². The third kappa shape index (κ3) is 3.91. The highest BCUT2D eigenvalue weighted by Gasteiger charge is 2.52. The third-order valence-corrected chi connectivity index (χ3v) is 6.38. The van der Waals surface area contributed by atoms with E-state index in [-0.39, 0.29) is 35.4 Å². The number of halogens is 1. The van der Waals surface area contributed by atoms with Gasteiger partial charge in [0.25, 0.3) is 0 Å². The van der Waals surface area contributed by atoms with E-state index in [4.69, 9.17) is 9.47 Å². The molecule has 3 aliphatic rings. The molecule has 4 rings (SSSR count). The van der Waals surface area contributed by atoms with E-state index in [1.54, 1.807) is 12.1 Å². The van der Waals surface area contributed by atoms with E-state index in [9.17, 15) is 14.0 Å². The molecule has 1 spiro atoms. The quantitative estimate of drug-likeness (QED) is 0.785. The molecule has 7 heteroatoms. The molecule has 0 radical (unpaired) electrons. The molecule has 2 amide bonds. The number of rotatable bonds is 3. The molecule has 3 heterocycles. The summed E-state index contributed by atoms with van der Waals surface area (Å²) in [6, 6.07) is 6.03. The topological polar surface area (TPSA) is 59.1 Å². The van der Waals surface area contributed by atoms with Gasteiger partial charge in [-0.25, -0.2) is 4.39 Å². The first kappa shape index (κ1) is 19.3. The van der Waals surface area contributed by atoms with Crippen molar-refractivity contribution in [3.63, 3.8) is 0 Å². The third-order valence-electron chi connectivity index (χ3n) is 6.38. The predicted molar refractivity (Wildman–Crippen MR) is 100 cm³/mol. The Morgan fingerprint density at radius 3 is 2.32 bits per heavy atom. The molecule has 0 saturated carbocycles. The highest BCUT2D eigenvalue weighted by molar-refractivity contribution is 5.84. The highest BCUT2D eigenvalue weighted by Crippen LogP contribution is 2.45. The van der Waals surface area contributed by atoms with E-state index in [1.165, 1.54) is 12.1 Å². The lowest BCUT2D eigenvalue weighted by atomic mass is 9.71. The number of nitrogens with zero attached hydrogens (tertiary/aromatic N) is 2. The van der Waals surface area contributed by atoms with Gasteiger partial charge in [-0.2, -0.15) is 0 Å².